The molecule has 1 aliphatic heterocycles. The van der Waals surface area contributed by atoms with Crippen LogP contribution in [0.1, 0.15) is 44.9 Å². The van der Waals surface area contributed by atoms with Crippen LogP contribution < -0.4 is 10.6 Å². The van der Waals surface area contributed by atoms with Crippen molar-refractivity contribution in [1.82, 2.24) is 24.4 Å². The first kappa shape index (κ1) is 29.7. The third kappa shape index (κ3) is 5.05. The Labute approximate surface area is 253 Å². The first-order chi connectivity index (χ1) is 19.9. The van der Waals surface area contributed by atoms with E-state index in [0.29, 0.717) is 35.7 Å². The second kappa shape index (κ2) is 11.5. The molecule has 4 aromatic rings. The van der Waals surface area contributed by atoms with Crippen LogP contribution in [0, 0.1) is 12.7 Å². The van der Waals surface area contributed by atoms with Crippen molar-refractivity contribution in [3.63, 3.8) is 0 Å². The Kier molecular flexibility index (Phi) is 8.09. The van der Waals surface area contributed by atoms with Gasteiger partial charge in [0.05, 0.1) is 32.5 Å². The first-order valence-electron chi connectivity index (χ1n) is 13.7. The number of carbonyl (C=O) groups is 1. The van der Waals surface area contributed by atoms with E-state index in [1.165, 1.54) is 16.7 Å². The van der Waals surface area contributed by atoms with Gasteiger partial charge in [-0.1, -0.05) is 49.7 Å². The summed E-state index contributed by atoms with van der Waals surface area (Å²) in [5.74, 6) is -0.457. The number of anilines is 1. The predicted molar refractivity (Wildman–Crippen MR) is 165 cm³/mol. The highest BCUT2D eigenvalue weighted by Crippen LogP contribution is 2.37. The number of carbonyl (C=O) groups excluding carboxylic acids is 1. The van der Waals surface area contributed by atoms with E-state index in [9.17, 15) is 9.59 Å². The zero-order valence-electron chi connectivity index (χ0n) is 24.0. The van der Waals surface area contributed by atoms with E-state index in [4.69, 9.17) is 28.2 Å². The lowest BCUT2D eigenvalue weighted by Crippen LogP contribution is -2.58. The zero-order valence-corrected chi connectivity index (χ0v) is 25.5. The summed E-state index contributed by atoms with van der Waals surface area (Å²) in [6.45, 7) is 14.2. The van der Waals surface area contributed by atoms with Crippen LogP contribution in [-0.4, -0.2) is 55.5 Å². The smallest absolute Gasteiger partial charge is 0.349 e. The highest BCUT2D eigenvalue weighted by molar-refractivity contribution is 6.34. The van der Waals surface area contributed by atoms with E-state index in [-0.39, 0.29) is 50.9 Å². The number of halogens is 3. The third-order valence-corrected chi connectivity index (χ3v) is 8.23. The van der Waals surface area contributed by atoms with Crippen LogP contribution in [0.5, 0.6) is 0 Å². The summed E-state index contributed by atoms with van der Waals surface area (Å²) in [4.78, 5) is 44.2. The van der Waals surface area contributed by atoms with E-state index < -0.39 is 11.5 Å². The summed E-state index contributed by atoms with van der Waals surface area (Å²) in [6, 6.07) is 7.72. The number of fused-ring (bicyclic) bond motifs is 1. The van der Waals surface area contributed by atoms with Gasteiger partial charge >= 0.3 is 5.69 Å². The SMILES string of the molecule is C=CC(=O)N1C[C@H](C)N(c2nc(=O)n(-c3c(C)ccnc3C(C)C)c3nc(-c4cccc(Cl)c4F)c(Cl)cc23)C[C@H]1C. The Balaban J connectivity index is 1.84. The van der Waals surface area contributed by atoms with Crippen molar-refractivity contribution in [2.45, 2.75) is 52.6 Å². The number of piperazine rings is 1. The topological polar surface area (TPSA) is 84.2 Å². The summed E-state index contributed by atoms with van der Waals surface area (Å²) in [6.07, 6.45) is 3.00. The van der Waals surface area contributed by atoms with Gasteiger partial charge in [-0.25, -0.2) is 18.7 Å². The molecule has 1 aromatic carbocycles. The second-order valence-corrected chi connectivity index (χ2v) is 11.7. The molecule has 2 atom stereocenters. The minimum Gasteiger partial charge on any atom is -0.349 e. The lowest BCUT2D eigenvalue weighted by atomic mass is 10.0. The number of aromatic nitrogens is 4. The molecule has 4 heterocycles. The van der Waals surface area contributed by atoms with Crippen molar-refractivity contribution in [3.05, 3.63) is 86.8 Å². The van der Waals surface area contributed by atoms with Crippen LogP contribution in [0.3, 0.4) is 0 Å². The Morgan fingerprint density at radius 1 is 1.12 bits per heavy atom. The van der Waals surface area contributed by atoms with Gasteiger partial charge < -0.3 is 9.80 Å². The molecule has 11 heteroatoms. The number of rotatable bonds is 5. The normalized spacial score (nSPS) is 17.3. The van der Waals surface area contributed by atoms with Crippen LogP contribution in [-0.2, 0) is 4.79 Å². The molecule has 1 saturated heterocycles. The van der Waals surface area contributed by atoms with E-state index in [0.717, 1.165) is 5.56 Å². The number of pyridine rings is 2. The van der Waals surface area contributed by atoms with Crippen LogP contribution in [0.15, 0.2) is 54.0 Å². The molecule has 1 amide bonds. The summed E-state index contributed by atoms with van der Waals surface area (Å²) in [5.41, 5.74) is 2.01. The van der Waals surface area contributed by atoms with E-state index >= 15 is 4.39 Å². The van der Waals surface area contributed by atoms with Crippen LogP contribution in [0.2, 0.25) is 10.0 Å². The maximum Gasteiger partial charge on any atom is 0.355 e. The van der Waals surface area contributed by atoms with Gasteiger partial charge in [-0.2, -0.15) is 4.98 Å². The van der Waals surface area contributed by atoms with E-state index in [1.54, 1.807) is 29.3 Å². The van der Waals surface area contributed by atoms with Crippen LogP contribution in [0.4, 0.5) is 10.2 Å². The molecule has 1 aliphatic rings. The number of hydrogen-bond donors (Lipinski definition) is 0. The van der Waals surface area contributed by atoms with Gasteiger partial charge in [-0.3, -0.25) is 9.78 Å². The van der Waals surface area contributed by atoms with Crippen molar-refractivity contribution >= 4 is 46.0 Å². The third-order valence-electron chi connectivity index (χ3n) is 7.65. The number of hydrogen-bond acceptors (Lipinski definition) is 6. The van der Waals surface area contributed by atoms with Gasteiger partial charge in [0.15, 0.2) is 11.5 Å². The standard InChI is InChI=1S/C31H31Cl2FN6O2/c1-7-24(41)38-14-19(6)39(15-18(38)5)29-21-13-23(33)27(20-9-8-10-22(32)25(20)34)36-30(21)40(31(42)37-29)28-17(4)11-12-35-26(28)16(2)3/h7-13,16,18-19H,1,14-15H2,2-6H3/t18-,19+/m1/s1. The maximum absolute atomic E-state index is 15.2. The van der Waals surface area contributed by atoms with Gasteiger partial charge in [0.25, 0.3) is 0 Å². The van der Waals surface area contributed by atoms with Crippen LogP contribution >= 0.6 is 23.2 Å². The predicted octanol–water partition coefficient (Wildman–Crippen LogP) is 6.33. The van der Waals surface area contributed by atoms with Crippen molar-refractivity contribution in [2.75, 3.05) is 18.0 Å². The Morgan fingerprint density at radius 3 is 2.55 bits per heavy atom. The van der Waals surface area contributed by atoms with Gasteiger partial charge in [-0.05, 0) is 62.6 Å². The number of benzene rings is 1. The fourth-order valence-corrected chi connectivity index (χ4v) is 5.96. The number of nitrogens with zero attached hydrogens (tertiary/aromatic N) is 6. The largest absolute Gasteiger partial charge is 0.355 e. The molecule has 0 unspecified atom stereocenters. The molecular formula is C31H31Cl2FN6O2. The minimum absolute atomic E-state index is 0.0185. The molecule has 0 bridgehead atoms. The first-order valence-corrected chi connectivity index (χ1v) is 14.4. The quantitative estimate of drug-likeness (QED) is 0.246. The molecule has 3 aromatic heterocycles. The molecule has 1 fully saturated rings. The van der Waals surface area contributed by atoms with Crippen LogP contribution in [0.25, 0.3) is 28.0 Å². The average Bonchev–Trinajstić information content (AvgIpc) is 2.95. The van der Waals surface area contributed by atoms with Crippen molar-refractivity contribution in [3.8, 4) is 16.9 Å². The van der Waals surface area contributed by atoms with E-state index in [2.05, 4.69) is 16.5 Å². The van der Waals surface area contributed by atoms with Crippen molar-refractivity contribution in [2.24, 2.45) is 0 Å². The summed E-state index contributed by atoms with van der Waals surface area (Å²) >= 11 is 12.9. The Morgan fingerprint density at radius 2 is 1.86 bits per heavy atom. The molecule has 8 nitrogen and oxygen atoms in total. The summed E-state index contributed by atoms with van der Waals surface area (Å²) in [7, 11) is 0. The van der Waals surface area contributed by atoms with Gasteiger partial charge in [-0.15, -0.1) is 0 Å². The number of amides is 1. The van der Waals surface area contributed by atoms with Crippen molar-refractivity contribution < 1.29 is 9.18 Å². The maximum atomic E-state index is 15.2. The fraction of sp³-hybridized carbons (Fsp3) is 0.323. The van der Waals surface area contributed by atoms with Gasteiger partial charge in [0.1, 0.15) is 5.82 Å². The Bertz CT molecular complexity index is 1790. The average molecular weight is 610 g/mol. The summed E-state index contributed by atoms with van der Waals surface area (Å²) < 4.78 is 16.7. The molecule has 5 rings (SSSR count). The second-order valence-electron chi connectivity index (χ2n) is 10.9. The fourth-order valence-electron chi connectivity index (χ4n) is 5.53. The monoisotopic (exact) mass is 608 g/mol. The lowest BCUT2D eigenvalue weighted by Gasteiger charge is -2.44. The lowest BCUT2D eigenvalue weighted by molar-refractivity contribution is -0.128. The van der Waals surface area contributed by atoms with Gasteiger partial charge in [0.2, 0.25) is 5.91 Å². The molecular weight excluding hydrogens is 578 g/mol. The van der Waals surface area contributed by atoms with Crippen molar-refractivity contribution in [1.29, 1.82) is 0 Å². The zero-order chi connectivity index (χ0) is 30.5. The highest BCUT2D eigenvalue weighted by atomic mass is 35.5. The van der Waals surface area contributed by atoms with Gasteiger partial charge in [0, 0.05) is 36.9 Å². The molecule has 0 saturated carbocycles. The molecule has 42 heavy (non-hydrogen) atoms. The number of aryl methyl sites for hydroxylation is 1. The molecule has 0 aliphatic carbocycles. The molecule has 0 spiro atoms. The van der Waals surface area contributed by atoms with E-state index in [1.807, 2.05) is 45.6 Å². The minimum atomic E-state index is -0.665. The Hall–Kier alpha value is -3.82. The molecule has 218 valence electrons. The summed E-state index contributed by atoms with van der Waals surface area (Å²) in [5, 5.41) is 0.606. The highest BCUT2D eigenvalue weighted by Gasteiger charge is 2.34. The molecule has 0 radical (unpaired) electrons. The molecule has 0 N–H and O–H groups in total.